The molecule has 3 heterocycles. The van der Waals surface area contributed by atoms with E-state index in [1.54, 1.807) is 0 Å². The maximum absolute atomic E-state index is 4.99. The van der Waals surface area contributed by atoms with Gasteiger partial charge in [0.2, 0.25) is 5.82 Å². The summed E-state index contributed by atoms with van der Waals surface area (Å²) in [6, 6.07) is 27.3. The number of nitrogens with zero attached hydrogens (tertiary/aromatic N) is 5. The van der Waals surface area contributed by atoms with Crippen molar-refractivity contribution in [1.82, 2.24) is 19.1 Å². The third-order valence-corrected chi connectivity index (χ3v) is 6.82. The van der Waals surface area contributed by atoms with E-state index in [4.69, 9.17) is 9.97 Å². The standard InChI is InChI=1S/C30H28N5/c1-4-34-27(35(5-2)30-29(34)31-24-16-10-11-17-25(24)32-30)20-19-23-22-15-9-12-18-26(22)33(3)28(23)21-13-7-6-8-14-21/h6-20H,4-5H2,1-3H3/q+1. The quantitative estimate of drug-likeness (QED) is 0.287. The Balaban J connectivity index is 1.60. The molecule has 0 fully saturated rings. The van der Waals surface area contributed by atoms with Crippen LogP contribution in [0.4, 0.5) is 0 Å². The van der Waals surface area contributed by atoms with Gasteiger partial charge in [-0.3, -0.25) is 0 Å². The van der Waals surface area contributed by atoms with Crippen molar-refractivity contribution in [3.8, 4) is 11.3 Å². The number of aryl methyl sites for hydroxylation is 3. The summed E-state index contributed by atoms with van der Waals surface area (Å²) >= 11 is 0. The number of para-hydroxylation sites is 3. The van der Waals surface area contributed by atoms with E-state index in [1.165, 1.54) is 27.7 Å². The average molecular weight is 459 g/mol. The highest BCUT2D eigenvalue weighted by molar-refractivity contribution is 5.99. The van der Waals surface area contributed by atoms with Crippen molar-refractivity contribution in [3.05, 3.63) is 90.3 Å². The molecule has 5 heteroatoms. The molecule has 0 saturated heterocycles. The summed E-state index contributed by atoms with van der Waals surface area (Å²) in [5.41, 5.74) is 8.56. The topological polar surface area (TPSA) is 39.5 Å². The Morgan fingerprint density at radius 1 is 0.800 bits per heavy atom. The van der Waals surface area contributed by atoms with Crippen LogP contribution in [0.25, 0.3) is 56.6 Å². The van der Waals surface area contributed by atoms with Crippen molar-refractivity contribution in [2.75, 3.05) is 0 Å². The van der Waals surface area contributed by atoms with Gasteiger partial charge < -0.3 is 4.57 Å². The van der Waals surface area contributed by atoms with E-state index in [9.17, 15) is 0 Å². The second-order valence-electron chi connectivity index (χ2n) is 8.74. The molecule has 0 aliphatic carbocycles. The third kappa shape index (κ3) is 3.35. The molecule has 3 aromatic carbocycles. The monoisotopic (exact) mass is 458 g/mol. The highest BCUT2D eigenvalue weighted by Crippen LogP contribution is 2.34. The lowest BCUT2D eigenvalue weighted by molar-refractivity contribution is -0.672. The summed E-state index contributed by atoms with van der Waals surface area (Å²) < 4.78 is 6.83. The fourth-order valence-corrected chi connectivity index (χ4v) is 5.20. The lowest BCUT2D eigenvalue weighted by Gasteiger charge is -2.06. The van der Waals surface area contributed by atoms with Crippen LogP contribution in [0.3, 0.4) is 0 Å². The fraction of sp³-hybridized carbons (Fsp3) is 0.167. The molecule has 0 amide bonds. The van der Waals surface area contributed by atoms with E-state index in [-0.39, 0.29) is 0 Å². The number of hydrogen-bond donors (Lipinski definition) is 0. The largest absolute Gasteiger partial charge is 0.343 e. The summed E-state index contributed by atoms with van der Waals surface area (Å²) in [5, 5.41) is 1.24. The molecule has 0 saturated carbocycles. The molecule has 3 aromatic heterocycles. The van der Waals surface area contributed by atoms with Crippen LogP contribution >= 0.6 is 0 Å². The Bertz CT molecular complexity index is 1660. The molecule has 172 valence electrons. The molecule has 5 nitrogen and oxygen atoms in total. The molecule has 0 aliphatic heterocycles. The molecule has 0 spiro atoms. The normalized spacial score (nSPS) is 12.0. The second kappa shape index (κ2) is 8.51. The van der Waals surface area contributed by atoms with Crippen molar-refractivity contribution in [2.45, 2.75) is 26.9 Å². The van der Waals surface area contributed by atoms with Crippen LogP contribution in [-0.4, -0.2) is 19.1 Å². The minimum Gasteiger partial charge on any atom is -0.343 e. The van der Waals surface area contributed by atoms with Crippen LogP contribution < -0.4 is 4.57 Å². The van der Waals surface area contributed by atoms with Gasteiger partial charge in [-0.2, -0.15) is 0 Å². The fourth-order valence-electron chi connectivity index (χ4n) is 5.20. The number of benzene rings is 3. The number of aromatic nitrogens is 5. The Morgan fingerprint density at radius 3 is 2.23 bits per heavy atom. The van der Waals surface area contributed by atoms with Crippen molar-refractivity contribution >= 4 is 45.4 Å². The molecular weight excluding hydrogens is 430 g/mol. The van der Waals surface area contributed by atoms with Gasteiger partial charge in [-0.25, -0.2) is 14.1 Å². The van der Waals surface area contributed by atoms with Gasteiger partial charge in [0.25, 0.3) is 5.65 Å². The first-order chi connectivity index (χ1) is 17.2. The molecule has 6 rings (SSSR count). The average Bonchev–Trinajstić information content (AvgIpc) is 3.36. The summed E-state index contributed by atoms with van der Waals surface area (Å²) in [4.78, 5) is 9.99. The van der Waals surface area contributed by atoms with Gasteiger partial charge >= 0.3 is 5.65 Å². The van der Waals surface area contributed by atoms with E-state index in [2.05, 4.69) is 101 Å². The third-order valence-electron chi connectivity index (χ3n) is 6.82. The highest BCUT2D eigenvalue weighted by atomic mass is 15.2. The molecule has 0 N–H and O–H groups in total. The number of hydrogen-bond acceptors (Lipinski definition) is 2. The number of fused-ring (bicyclic) bond motifs is 3. The van der Waals surface area contributed by atoms with Gasteiger partial charge in [0.05, 0.1) is 18.8 Å². The van der Waals surface area contributed by atoms with Gasteiger partial charge in [0, 0.05) is 29.6 Å². The highest BCUT2D eigenvalue weighted by Gasteiger charge is 2.24. The Kier molecular flexibility index (Phi) is 5.18. The van der Waals surface area contributed by atoms with Gasteiger partial charge in [0.15, 0.2) is 5.52 Å². The van der Waals surface area contributed by atoms with Gasteiger partial charge in [-0.05, 0) is 43.7 Å². The van der Waals surface area contributed by atoms with Crippen molar-refractivity contribution in [3.63, 3.8) is 0 Å². The van der Waals surface area contributed by atoms with E-state index in [0.29, 0.717) is 0 Å². The lowest BCUT2D eigenvalue weighted by atomic mass is 10.0. The van der Waals surface area contributed by atoms with Crippen LogP contribution in [0.15, 0.2) is 78.9 Å². The summed E-state index contributed by atoms with van der Waals surface area (Å²) in [5.74, 6) is 1.10. The van der Waals surface area contributed by atoms with E-state index in [1.807, 2.05) is 24.3 Å². The van der Waals surface area contributed by atoms with Crippen molar-refractivity contribution < 1.29 is 4.57 Å². The molecule has 6 aromatic rings. The molecule has 0 radical (unpaired) electrons. The minimum absolute atomic E-state index is 0.817. The Morgan fingerprint density at radius 2 is 1.49 bits per heavy atom. The van der Waals surface area contributed by atoms with E-state index in [0.717, 1.165) is 41.2 Å². The van der Waals surface area contributed by atoms with Crippen LogP contribution in [0.5, 0.6) is 0 Å². The lowest BCUT2D eigenvalue weighted by Crippen LogP contribution is -2.35. The predicted molar refractivity (Wildman–Crippen MR) is 144 cm³/mol. The number of imidazole rings is 1. The van der Waals surface area contributed by atoms with Crippen molar-refractivity contribution in [2.24, 2.45) is 7.05 Å². The molecule has 0 atom stereocenters. The smallest absolute Gasteiger partial charge is 0.323 e. The summed E-state index contributed by atoms with van der Waals surface area (Å²) in [6.45, 7) is 5.97. The summed E-state index contributed by atoms with van der Waals surface area (Å²) in [6.07, 6.45) is 4.49. The Labute approximate surface area is 204 Å². The van der Waals surface area contributed by atoms with Gasteiger partial charge in [-0.15, -0.1) is 0 Å². The SMILES string of the molecule is CCn1c(/C=C/c2c(-c3ccccc3)n(C)c3ccccc23)[n+](CC)c2nc3ccccc3nc21. The molecule has 0 aliphatic rings. The van der Waals surface area contributed by atoms with Crippen molar-refractivity contribution in [1.29, 1.82) is 0 Å². The molecule has 0 unspecified atom stereocenters. The van der Waals surface area contributed by atoms with E-state index >= 15 is 0 Å². The Hall–Kier alpha value is -4.25. The van der Waals surface area contributed by atoms with Gasteiger partial charge in [0.1, 0.15) is 5.52 Å². The van der Waals surface area contributed by atoms with Crippen LogP contribution in [-0.2, 0) is 20.1 Å². The van der Waals surface area contributed by atoms with Crippen LogP contribution in [0, 0.1) is 0 Å². The maximum atomic E-state index is 4.99. The second-order valence-corrected chi connectivity index (χ2v) is 8.74. The van der Waals surface area contributed by atoms with Crippen LogP contribution in [0.1, 0.15) is 25.2 Å². The first-order valence-corrected chi connectivity index (χ1v) is 12.2. The minimum atomic E-state index is 0.817. The first-order valence-electron chi connectivity index (χ1n) is 12.2. The zero-order chi connectivity index (χ0) is 23.9. The first kappa shape index (κ1) is 21.3. The zero-order valence-corrected chi connectivity index (χ0v) is 20.3. The van der Waals surface area contributed by atoms with Gasteiger partial charge in [-0.1, -0.05) is 65.6 Å². The van der Waals surface area contributed by atoms with Crippen LogP contribution in [0.2, 0.25) is 0 Å². The molecule has 35 heavy (non-hydrogen) atoms. The molecular formula is C30H28N5+. The molecule has 0 bridgehead atoms. The zero-order valence-electron chi connectivity index (χ0n) is 20.3. The maximum Gasteiger partial charge on any atom is 0.323 e. The summed E-state index contributed by atoms with van der Waals surface area (Å²) in [7, 11) is 2.15. The predicted octanol–water partition coefficient (Wildman–Crippen LogP) is 6.24. The number of rotatable bonds is 5. The van der Waals surface area contributed by atoms with E-state index < -0.39 is 0 Å².